The Morgan fingerprint density at radius 3 is 2.06 bits per heavy atom. The Morgan fingerprint density at radius 2 is 1.48 bits per heavy atom. The Bertz CT molecular complexity index is 823. The molecule has 0 saturated carbocycles. The van der Waals surface area contributed by atoms with Gasteiger partial charge in [0.05, 0.1) is 17.9 Å². The van der Waals surface area contributed by atoms with Crippen molar-refractivity contribution in [1.82, 2.24) is 4.98 Å². The van der Waals surface area contributed by atoms with Gasteiger partial charge in [0.25, 0.3) is 0 Å². The second-order valence-electron chi connectivity index (χ2n) is 9.76. The fraction of sp³-hybridized carbons (Fsp3) is 0.520. The number of hydrogen-bond donors (Lipinski definition) is 0. The number of rotatable bonds is 13. The summed E-state index contributed by atoms with van der Waals surface area (Å²) in [6.07, 6.45) is 9.13. The lowest BCUT2D eigenvalue weighted by atomic mass is 10.1. The summed E-state index contributed by atoms with van der Waals surface area (Å²) in [5.41, 5.74) is 2.47. The Morgan fingerprint density at radius 1 is 0.839 bits per heavy atom. The summed E-state index contributed by atoms with van der Waals surface area (Å²) in [5, 5.41) is 8.86. The van der Waals surface area contributed by atoms with E-state index >= 15 is 0 Å². The highest BCUT2D eigenvalue weighted by atomic mass is 28.4. The predicted molar refractivity (Wildman–Crippen MR) is 134 cm³/mol. The lowest BCUT2D eigenvalue weighted by Crippen LogP contribution is -2.42. The van der Waals surface area contributed by atoms with E-state index in [0.29, 0.717) is 5.56 Å². The van der Waals surface area contributed by atoms with Gasteiger partial charge in [-0.15, -0.1) is 0 Å². The van der Waals surface area contributed by atoms with Crippen LogP contribution in [0.5, 0.6) is 5.75 Å². The minimum Gasteiger partial charge on any atom is -0.494 e. The van der Waals surface area contributed by atoms with E-state index in [9.17, 15) is 0 Å². The van der Waals surface area contributed by atoms with E-state index in [1.807, 2.05) is 30.3 Å². The van der Waals surface area contributed by atoms with E-state index in [4.69, 9.17) is 14.1 Å². The molecule has 0 saturated heterocycles. The molecule has 0 N–H and O–H groups in total. The first-order valence-corrected chi connectivity index (χ1v) is 18.0. The molecule has 0 atom stereocenters. The number of pyridine rings is 1. The monoisotopic (exact) mass is 454 g/mol. The van der Waals surface area contributed by atoms with Gasteiger partial charge < -0.3 is 8.85 Å². The standard InChI is InChI=1S/C25H38N2O2Si2/c1-30(2,3)29-31(4,5)19-11-9-7-6-8-10-18-28-24-15-13-23(14-16-24)25-17-12-22(20-26)21-27-25/h12-17,21H,6-11,18-19H2,1-5H3. The number of unbranched alkanes of at least 4 members (excludes halogenated alkanes) is 5. The van der Waals surface area contributed by atoms with Crippen molar-refractivity contribution in [3.8, 4) is 23.1 Å². The van der Waals surface area contributed by atoms with Gasteiger partial charge in [0.1, 0.15) is 11.8 Å². The average Bonchev–Trinajstić information content (AvgIpc) is 2.71. The van der Waals surface area contributed by atoms with E-state index in [-0.39, 0.29) is 0 Å². The lowest BCUT2D eigenvalue weighted by molar-refractivity contribution is 0.304. The van der Waals surface area contributed by atoms with Gasteiger partial charge >= 0.3 is 0 Å². The van der Waals surface area contributed by atoms with Crippen LogP contribution >= 0.6 is 0 Å². The minimum atomic E-state index is -1.46. The molecule has 0 radical (unpaired) electrons. The summed E-state index contributed by atoms with van der Waals surface area (Å²) < 4.78 is 12.3. The summed E-state index contributed by atoms with van der Waals surface area (Å²) in [7, 11) is -2.86. The molecule has 4 nitrogen and oxygen atoms in total. The molecule has 0 aliphatic carbocycles. The molecule has 0 spiro atoms. The second-order valence-corrected chi connectivity index (χ2v) is 18.8. The molecule has 0 aliphatic heterocycles. The number of hydrogen-bond acceptors (Lipinski definition) is 4. The zero-order valence-corrected chi connectivity index (χ0v) is 21.9. The van der Waals surface area contributed by atoms with Crippen LogP contribution in [0.3, 0.4) is 0 Å². The van der Waals surface area contributed by atoms with Crippen LogP contribution in [0, 0.1) is 11.3 Å². The summed E-state index contributed by atoms with van der Waals surface area (Å²) in [4.78, 5) is 4.33. The highest BCUT2D eigenvalue weighted by Crippen LogP contribution is 2.23. The van der Waals surface area contributed by atoms with Crippen LogP contribution in [0.1, 0.15) is 44.1 Å². The first-order chi connectivity index (χ1) is 14.7. The second kappa shape index (κ2) is 12.2. The SMILES string of the molecule is C[Si](C)(C)O[Si](C)(C)CCCCCCCCOc1ccc(-c2ccc(C#N)cn2)cc1. The zero-order chi connectivity index (χ0) is 22.7. The maximum Gasteiger partial charge on any atom is 0.173 e. The van der Waals surface area contributed by atoms with Crippen molar-refractivity contribution in [1.29, 1.82) is 5.26 Å². The molecule has 1 heterocycles. The Balaban J connectivity index is 1.56. The van der Waals surface area contributed by atoms with Gasteiger partial charge in [-0.3, -0.25) is 4.98 Å². The molecule has 31 heavy (non-hydrogen) atoms. The number of nitrogens with zero attached hydrogens (tertiary/aromatic N) is 2. The van der Waals surface area contributed by atoms with Crippen LogP contribution in [-0.4, -0.2) is 28.2 Å². The molecular formula is C25H38N2O2Si2. The van der Waals surface area contributed by atoms with Crippen LogP contribution in [0.15, 0.2) is 42.6 Å². The molecule has 1 aromatic heterocycles. The van der Waals surface area contributed by atoms with Crippen molar-refractivity contribution in [2.75, 3.05) is 6.61 Å². The smallest absolute Gasteiger partial charge is 0.173 e. The van der Waals surface area contributed by atoms with Crippen LogP contribution < -0.4 is 4.74 Å². The molecule has 0 bridgehead atoms. The number of nitriles is 1. The minimum absolute atomic E-state index is 0.574. The third kappa shape index (κ3) is 10.3. The fourth-order valence-electron chi connectivity index (χ4n) is 3.78. The lowest BCUT2D eigenvalue weighted by Gasteiger charge is -2.31. The van der Waals surface area contributed by atoms with Crippen LogP contribution in [0.4, 0.5) is 0 Å². The van der Waals surface area contributed by atoms with Crippen molar-refractivity contribution in [3.63, 3.8) is 0 Å². The maximum atomic E-state index is 8.86. The Kier molecular flexibility index (Phi) is 9.95. The number of benzene rings is 1. The van der Waals surface area contributed by atoms with Crippen LogP contribution in [0.2, 0.25) is 38.8 Å². The largest absolute Gasteiger partial charge is 0.494 e. The van der Waals surface area contributed by atoms with Crippen molar-refractivity contribution < 1.29 is 8.85 Å². The Hall–Kier alpha value is -1.95. The number of aromatic nitrogens is 1. The topological polar surface area (TPSA) is 55.1 Å². The third-order valence-corrected chi connectivity index (χ3v) is 11.3. The molecule has 168 valence electrons. The predicted octanol–water partition coefficient (Wildman–Crippen LogP) is 7.40. The van der Waals surface area contributed by atoms with Crippen molar-refractivity contribution >= 4 is 16.6 Å². The molecule has 0 unspecified atom stereocenters. The molecule has 2 aromatic rings. The fourth-order valence-corrected chi connectivity index (χ4v) is 11.9. The average molecular weight is 455 g/mol. The highest BCUT2D eigenvalue weighted by molar-refractivity contribution is 6.84. The molecular weight excluding hydrogens is 416 g/mol. The normalized spacial score (nSPS) is 11.9. The molecule has 2 rings (SSSR count). The van der Waals surface area contributed by atoms with Gasteiger partial charge in [0, 0.05) is 11.8 Å². The van der Waals surface area contributed by atoms with Gasteiger partial charge in [-0.1, -0.05) is 32.1 Å². The molecule has 0 amide bonds. The first kappa shape index (κ1) is 25.3. The van der Waals surface area contributed by atoms with Gasteiger partial charge in [0.2, 0.25) is 0 Å². The summed E-state index contributed by atoms with van der Waals surface area (Å²) in [5.74, 6) is 0.895. The van der Waals surface area contributed by atoms with Gasteiger partial charge in [-0.05, 0) is 81.6 Å². The van der Waals surface area contributed by atoms with Gasteiger partial charge in [-0.2, -0.15) is 5.26 Å². The Labute approximate surface area is 190 Å². The number of ether oxygens (including phenoxy) is 1. The van der Waals surface area contributed by atoms with E-state index in [2.05, 4.69) is 43.8 Å². The summed E-state index contributed by atoms with van der Waals surface area (Å²) in [6, 6.07) is 15.0. The molecule has 0 aliphatic rings. The summed E-state index contributed by atoms with van der Waals surface area (Å²) >= 11 is 0. The van der Waals surface area contributed by atoms with Gasteiger partial charge in [-0.25, -0.2) is 0 Å². The van der Waals surface area contributed by atoms with E-state index in [0.717, 1.165) is 30.0 Å². The molecule has 1 aromatic carbocycles. The van der Waals surface area contributed by atoms with Crippen molar-refractivity contribution in [2.24, 2.45) is 0 Å². The first-order valence-electron chi connectivity index (χ1n) is 11.5. The van der Waals surface area contributed by atoms with Gasteiger partial charge in [0.15, 0.2) is 16.6 Å². The highest BCUT2D eigenvalue weighted by Gasteiger charge is 2.28. The van der Waals surface area contributed by atoms with E-state index in [1.54, 1.807) is 12.3 Å². The van der Waals surface area contributed by atoms with E-state index in [1.165, 1.54) is 38.1 Å². The zero-order valence-electron chi connectivity index (χ0n) is 19.9. The summed E-state index contributed by atoms with van der Waals surface area (Å²) in [6.45, 7) is 12.4. The van der Waals surface area contributed by atoms with E-state index < -0.39 is 16.6 Å². The quantitative estimate of drug-likeness (QED) is 0.234. The molecule has 0 fully saturated rings. The van der Waals surface area contributed by atoms with Crippen LogP contribution in [-0.2, 0) is 4.12 Å². The maximum absolute atomic E-state index is 8.86. The van der Waals surface area contributed by atoms with Crippen LogP contribution in [0.25, 0.3) is 11.3 Å². The van der Waals surface area contributed by atoms with Crippen molar-refractivity contribution in [3.05, 3.63) is 48.2 Å². The van der Waals surface area contributed by atoms with Crippen molar-refractivity contribution in [2.45, 2.75) is 77.3 Å². The third-order valence-electron chi connectivity index (χ3n) is 5.07. The molecule has 6 heteroatoms.